The Morgan fingerprint density at radius 3 is 2.69 bits per heavy atom. The van der Waals surface area contributed by atoms with Gasteiger partial charge in [-0.1, -0.05) is 0 Å². The highest BCUT2D eigenvalue weighted by atomic mass is 19.3. The van der Waals surface area contributed by atoms with E-state index in [1.807, 2.05) is 0 Å². The Morgan fingerprint density at radius 2 is 2.03 bits per heavy atom. The minimum Gasteiger partial charge on any atom is -0.479 e. The summed E-state index contributed by atoms with van der Waals surface area (Å²) in [5, 5.41) is 7.24. The van der Waals surface area contributed by atoms with E-state index < -0.39 is 42.8 Å². The van der Waals surface area contributed by atoms with Gasteiger partial charge in [-0.3, -0.25) is 4.90 Å². The third kappa shape index (κ3) is 4.54. The molecule has 39 heavy (non-hydrogen) atoms. The summed E-state index contributed by atoms with van der Waals surface area (Å²) in [4.78, 5) is 10.1. The number of aryl methyl sites for hydroxylation is 1. The monoisotopic (exact) mass is 552 g/mol. The molecule has 1 aromatic carbocycles. The van der Waals surface area contributed by atoms with Crippen LogP contribution in [0.4, 0.5) is 27.9 Å². The number of ether oxygens (including phenoxy) is 2. The Morgan fingerprint density at radius 1 is 1.23 bits per heavy atom. The van der Waals surface area contributed by atoms with E-state index in [0.717, 1.165) is 16.8 Å². The molecule has 0 amide bonds. The van der Waals surface area contributed by atoms with Gasteiger partial charge in [0, 0.05) is 13.1 Å². The number of nitrogens with one attached hydrogen (secondary N) is 1. The van der Waals surface area contributed by atoms with Crippen molar-refractivity contribution in [3.63, 3.8) is 0 Å². The van der Waals surface area contributed by atoms with E-state index in [4.69, 9.17) is 10.8 Å². The number of rotatable bonds is 7. The molecule has 1 N–H and O–H groups in total. The summed E-state index contributed by atoms with van der Waals surface area (Å²) in [6.45, 7) is 1.78. The van der Waals surface area contributed by atoms with Crippen LogP contribution in [0, 0.1) is 18.6 Å². The third-order valence-electron chi connectivity index (χ3n) is 7.19. The predicted molar refractivity (Wildman–Crippen MR) is 132 cm³/mol. The van der Waals surface area contributed by atoms with Gasteiger partial charge in [0.1, 0.15) is 23.0 Å². The molecule has 2 atom stereocenters. The molecule has 0 saturated carbocycles. The maximum absolute atomic E-state index is 15.4. The van der Waals surface area contributed by atoms with Gasteiger partial charge in [-0.05, 0) is 31.0 Å². The highest BCUT2D eigenvalue weighted by Crippen LogP contribution is 2.37. The Bertz CT molecular complexity index is 1590. The lowest BCUT2D eigenvalue weighted by Crippen LogP contribution is -2.57. The van der Waals surface area contributed by atoms with Crippen LogP contribution in [0.15, 0.2) is 18.3 Å². The van der Waals surface area contributed by atoms with Crippen molar-refractivity contribution in [2.75, 3.05) is 38.7 Å². The summed E-state index contributed by atoms with van der Waals surface area (Å²) in [7, 11) is 1.32. The van der Waals surface area contributed by atoms with Gasteiger partial charge < -0.3 is 19.4 Å². The number of halogens is 5. The predicted octanol–water partition coefficient (Wildman–Crippen LogP) is 3.83. The quantitative estimate of drug-likeness (QED) is 0.349. The van der Waals surface area contributed by atoms with Crippen molar-refractivity contribution in [1.82, 2.24) is 29.0 Å². The fourth-order valence-electron chi connectivity index (χ4n) is 5.21. The number of imidazole rings is 1. The molecule has 3 aromatic heterocycles. The molecular weight excluding hydrogens is 525 g/mol. The van der Waals surface area contributed by atoms with Crippen LogP contribution >= 0.6 is 0 Å². The van der Waals surface area contributed by atoms with E-state index in [1.165, 1.54) is 24.7 Å². The first kappa shape index (κ1) is 24.5. The summed E-state index contributed by atoms with van der Waals surface area (Å²) in [5.41, 5.74) is 0.0329. The number of nitrogens with zero attached hydrogens (tertiary/aromatic N) is 6. The van der Waals surface area contributed by atoms with Crippen LogP contribution in [0.3, 0.4) is 0 Å². The van der Waals surface area contributed by atoms with Crippen LogP contribution in [-0.2, 0) is 11.3 Å². The zero-order valence-corrected chi connectivity index (χ0v) is 21.1. The molecule has 0 unspecified atom stereocenters. The Balaban J connectivity index is 1.35. The lowest BCUT2D eigenvalue weighted by Gasteiger charge is -2.42. The Labute approximate surface area is 220 Å². The van der Waals surface area contributed by atoms with Crippen molar-refractivity contribution >= 4 is 22.5 Å². The molecule has 6 rings (SSSR count). The molecule has 5 heterocycles. The zero-order chi connectivity index (χ0) is 28.3. The molecular formula is C25H26F5N7O2. The molecule has 9 nitrogen and oxygen atoms in total. The number of hydrogen-bond acceptors (Lipinski definition) is 7. The molecule has 2 saturated heterocycles. The highest BCUT2D eigenvalue weighted by molar-refractivity contribution is 5.90. The van der Waals surface area contributed by atoms with E-state index in [1.54, 1.807) is 4.90 Å². The lowest BCUT2D eigenvalue weighted by molar-refractivity contribution is -0.0794. The van der Waals surface area contributed by atoms with E-state index >= 15 is 13.2 Å². The van der Waals surface area contributed by atoms with E-state index in [9.17, 15) is 8.78 Å². The number of aromatic nitrogens is 5. The fourth-order valence-corrected chi connectivity index (χ4v) is 5.21. The molecule has 0 radical (unpaired) electrons. The normalized spacial score (nSPS) is 21.9. The molecule has 2 aliphatic rings. The van der Waals surface area contributed by atoms with Gasteiger partial charge in [0.25, 0.3) is 6.43 Å². The standard InChI is InChI=1S/C25H26F5N7O2/c1-12-31-22-15(26)5-13(6-19(22)36(12)9-20(29)30)21-17(28)8-37-23(21)24(38-2)33-25(34-37)32-18-3-4-35(7-16(18)27)14-10-39-11-14/h5-6,8,14,16,18,20H,3-4,7,9-11H2,1-2H3,(H,32,34)/t16-,18-/m0/s1/i14D. The molecule has 0 aliphatic carbocycles. The summed E-state index contributed by atoms with van der Waals surface area (Å²) < 4.78 is 93.1. The van der Waals surface area contributed by atoms with Gasteiger partial charge >= 0.3 is 0 Å². The van der Waals surface area contributed by atoms with Crippen molar-refractivity contribution in [3.05, 3.63) is 35.8 Å². The van der Waals surface area contributed by atoms with Gasteiger partial charge in [0.2, 0.25) is 11.8 Å². The largest absolute Gasteiger partial charge is 0.479 e. The number of likely N-dealkylation sites (tertiary alicyclic amines) is 1. The van der Waals surface area contributed by atoms with Gasteiger partial charge in [0.05, 0.1) is 57.6 Å². The summed E-state index contributed by atoms with van der Waals surface area (Å²) >= 11 is 0. The van der Waals surface area contributed by atoms with Crippen molar-refractivity contribution in [3.8, 4) is 17.0 Å². The lowest BCUT2D eigenvalue weighted by atomic mass is 10.0. The Kier molecular flexibility index (Phi) is 6.22. The summed E-state index contributed by atoms with van der Waals surface area (Å²) in [5.74, 6) is -1.45. The van der Waals surface area contributed by atoms with Crippen LogP contribution in [0.25, 0.3) is 27.7 Å². The topological polar surface area (TPSA) is 81.7 Å². The van der Waals surface area contributed by atoms with Crippen molar-refractivity contribution in [2.45, 2.75) is 44.5 Å². The van der Waals surface area contributed by atoms with Crippen LogP contribution < -0.4 is 10.1 Å². The molecule has 0 bridgehead atoms. The highest BCUT2D eigenvalue weighted by Gasteiger charge is 2.36. The molecule has 2 fully saturated rings. The van der Waals surface area contributed by atoms with E-state index in [-0.39, 0.29) is 65.1 Å². The van der Waals surface area contributed by atoms with E-state index in [2.05, 4.69) is 20.4 Å². The molecule has 208 valence electrons. The molecule has 2 aliphatic heterocycles. The molecule has 4 aromatic rings. The number of anilines is 1. The van der Waals surface area contributed by atoms with Gasteiger partial charge in [0.15, 0.2) is 11.6 Å². The van der Waals surface area contributed by atoms with Crippen molar-refractivity contribution in [2.24, 2.45) is 0 Å². The number of piperidine rings is 1. The zero-order valence-electron chi connectivity index (χ0n) is 22.1. The maximum atomic E-state index is 15.4. The fraction of sp³-hybridized carbons (Fsp3) is 0.480. The average molecular weight is 553 g/mol. The number of fused-ring (bicyclic) bond motifs is 2. The minimum atomic E-state index is -2.70. The SMILES string of the molecule is [2H]C1(N2CC[C@H](Nc3nc(OC)c4c(-c5cc(F)c6nc(C)n(CC(F)F)c6c5)c(F)cn4n3)[C@@H](F)C2)COC1. The minimum absolute atomic E-state index is 0.00756. The maximum Gasteiger partial charge on any atom is 0.256 e. The number of methoxy groups -OCH3 is 1. The average Bonchev–Trinajstić information content (AvgIpc) is 3.38. The van der Waals surface area contributed by atoms with Crippen LogP contribution in [-0.4, -0.2) is 87.1 Å². The number of alkyl halides is 3. The molecule has 14 heteroatoms. The van der Waals surface area contributed by atoms with Crippen molar-refractivity contribution < 1.29 is 32.8 Å². The summed E-state index contributed by atoms with van der Waals surface area (Å²) in [6, 6.07) is 0.890. The first-order valence-electron chi connectivity index (χ1n) is 12.9. The number of hydrogen-bond donors (Lipinski definition) is 1. The Hall–Kier alpha value is -3.52. The van der Waals surface area contributed by atoms with Crippen LogP contribution in [0.1, 0.15) is 13.6 Å². The van der Waals surface area contributed by atoms with Crippen LogP contribution in [0.2, 0.25) is 0 Å². The first-order chi connectivity index (χ1) is 19.1. The number of benzene rings is 1. The second-order valence-electron chi connectivity index (χ2n) is 9.64. The van der Waals surface area contributed by atoms with Gasteiger partial charge in [-0.25, -0.2) is 31.5 Å². The molecule has 0 spiro atoms. The van der Waals surface area contributed by atoms with Crippen molar-refractivity contribution in [1.29, 1.82) is 0 Å². The third-order valence-corrected chi connectivity index (χ3v) is 7.19. The second kappa shape index (κ2) is 9.90. The van der Waals surface area contributed by atoms with Gasteiger partial charge in [-0.2, -0.15) is 4.98 Å². The van der Waals surface area contributed by atoms with Crippen LogP contribution in [0.5, 0.6) is 5.88 Å². The van der Waals surface area contributed by atoms with Gasteiger partial charge in [-0.15, -0.1) is 5.10 Å². The second-order valence-corrected chi connectivity index (χ2v) is 9.64. The van der Waals surface area contributed by atoms with E-state index in [0.29, 0.717) is 13.0 Å². The first-order valence-corrected chi connectivity index (χ1v) is 12.4. The summed E-state index contributed by atoms with van der Waals surface area (Å²) in [6.07, 6.45) is -2.59. The smallest absolute Gasteiger partial charge is 0.256 e.